The van der Waals surface area contributed by atoms with E-state index < -0.39 is 38.7 Å². The number of nitrogens with one attached hydrogen (secondary N) is 1. The van der Waals surface area contributed by atoms with E-state index in [1.54, 1.807) is 0 Å². The highest BCUT2D eigenvalue weighted by molar-refractivity contribution is 7.90. The van der Waals surface area contributed by atoms with Crippen LogP contribution in [0.3, 0.4) is 0 Å². The van der Waals surface area contributed by atoms with Gasteiger partial charge in [0.2, 0.25) is 0 Å². The Morgan fingerprint density at radius 3 is 1.79 bits per heavy atom. The molecule has 38 heavy (non-hydrogen) atoms. The van der Waals surface area contributed by atoms with Gasteiger partial charge in [0.25, 0.3) is 5.91 Å². The van der Waals surface area contributed by atoms with Gasteiger partial charge in [-0.1, -0.05) is 119 Å². The van der Waals surface area contributed by atoms with Crippen molar-refractivity contribution in [2.24, 2.45) is 0 Å². The molecule has 0 unspecified atom stereocenters. The second kappa shape index (κ2) is 19.7. The van der Waals surface area contributed by atoms with Gasteiger partial charge in [0.05, 0.1) is 10.9 Å². The van der Waals surface area contributed by atoms with Gasteiger partial charge in [-0.25, -0.2) is 8.42 Å². The van der Waals surface area contributed by atoms with Gasteiger partial charge >= 0.3 is 5.97 Å². The molecule has 1 amide bonds. The smallest absolute Gasteiger partial charge is 0.305 e. The van der Waals surface area contributed by atoms with Crippen LogP contribution < -0.4 is 5.32 Å². The van der Waals surface area contributed by atoms with Gasteiger partial charge < -0.3 is 15.2 Å². The summed E-state index contributed by atoms with van der Waals surface area (Å²) in [5, 5.41) is 13.3. The maximum Gasteiger partial charge on any atom is 0.305 e. The van der Waals surface area contributed by atoms with Gasteiger partial charge in [-0.2, -0.15) is 0 Å². The molecule has 0 aliphatic heterocycles. The van der Waals surface area contributed by atoms with E-state index in [9.17, 15) is 23.1 Å². The maximum absolute atomic E-state index is 12.2. The highest BCUT2D eigenvalue weighted by Gasteiger charge is 2.27. The van der Waals surface area contributed by atoms with Crippen molar-refractivity contribution in [2.45, 2.75) is 119 Å². The molecule has 0 aromatic heterocycles. The third-order valence-electron chi connectivity index (χ3n) is 6.47. The fourth-order valence-electron chi connectivity index (χ4n) is 4.14. The van der Waals surface area contributed by atoms with Crippen LogP contribution in [-0.4, -0.2) is 49.1 Å². The van der Waals surface area contributed by atoms with Gasteiger partial charge in [-0.3, -0.25) is 9.59 Å². The minimum atomic E-state index is -3.40. The highest BCUT2D eigenvalue weighted by Crippen LogP contribution is 2.21. The predicted molar refractivity (Wildman–Crippen MR) is 153 cm³/mol. The summed E-state index contributed by atoms with van der Waals surface area (Å²) in [4.78, 5) is 23.0. The monoisotopic (exact) mass is 593 g/mol. The molecule has 0 saturated carbocycles. The Morgan fingerprint density at radius 2 is 1.34 bits per heavy atom. The molecule has 0 spiro atoms. The number of ether oxygens (including phenoxy) is 1. The first kappa shape index (κ1) is 34.7. The van der Waals surface area contributed by atoms with Crippen molar-refractivity contribution in [3.8, 4) is 0 Å². The van der Waals surface area contributed by atoms with Gasteiger partial charge in [0.15, 0.2) is 14.7 Å². The van der Waals surface area contributed by atoms with Crippen LogP contribution in [0.4, 0.5) is 0 Å². The standard InChI is InChI=1S/C28H45Cl2NO6S/c1-3-4-5-6-7-8-9-10-11-12-13-14-15-16-25(32)37-21-24(31-28(34)27(29)30)26(33)22-17-19-23(20-18-22)38(2,35)36/h17-20,24,26-27,33H,3-16,21H2,1-2H3,(H,31,34)/t24-,26-/m1/s1. The zero-order valence-corrected chi connectivity index (χ0v) is 25.1. The summed E-state index contributed by atoms with van der Waals surface area (Å²) in [6, 6.07) is 4.59. The minimum Gasteiger partial charge on any atom is -0.463 e. The Morgan fingerprint density at radius 1 is 0.868 bits per heavy atom. The van der Waals surface area contributed by atoms with Crippen molar-refractivity contribution in [3.63, 3.8) is 0 Å². The number of rotatable bonds is 21. The molecule has 0 aliphatic rings. The number of benzene rings is 1. The first-order chi connectivity index (χ1) is 18.1. The lowest BCUT2D eigenvalue weighted by atomic mass is 10.0. The molecule has 0 heterocycles. The van der Waals surface area contributed by atoms with Crippen LogP contribution in [0.1, 0.15) is 108 Å². The van der Waals surface area contributed by atoms with Crippen LogP contribution in [0.5, 0.6) is 0 Å². The molecule has 0 radical (unpaired) electrons. The van der Waals surface area contributed by atoms with Crippen LogP contribution in [0, 0.1) is 0 Å². The summed E-state index contributed by atoms with van der Waals surface area (Å²) in [6.07, 6.45) is 15.8. The van der Waals surface area contributed by atoms with Gasteiger partial charge in [0.1, 0.15) is 12.7 Å². The molecule has 0 fully saturated rings. The second-order valence-corrected chi connectivity index (χ2v) is 13.0. The van der Waals surface area contributed by atoms with Crippen LogP contribution in [0.15, 0.2) is 29.2 Å². The predicted octanol–water partition coefficient (Wildman–Crippen LogP) is 6.44. The molecule has 2 atom stereocenters. The summed E-state index contributed by atoms with van der Waals surface area (Å²) < 4.78 is 28.7. The summed E-state index contributed by atoms with van der Waals surface area (Å²) in [5.74, 6) is -1.15. The van der Waals surface area contributed by atoms with E-state index in [0.29, 0.717) is 12.0 Å². The van der Waals surface area contributed by atoms with Crippen LogP contribution in [-0.2, 0) is 24.2 Å². The van der Waals surface area contributed by atoms with Crippen molar-refractivity contribution in [3.05, 3.63) is 29.8 Å². The van der Waals surface area contributed by atoms with E-state index in [1.807, 2.05) is 0 Å². The zero-order chi connectivity index (χ0) is 28.4. The fourth-order valence-corrected chi connectivity index (χ4v) is 4.90. The third kappa shape index (κ3) is 15.3. The van der Waals surface area contributed by atoms with Gasteiger partial charge in [-0.05, 0) is 24.1 Å². The Hall–Kier alpha value is -1.35. The van der Waals surface area contributed by atoms with E-state index in [0.717, 1.165) is 19.1 Å². The quantitative estimate of drug-likeness (QED) is 0.0964. The molecule has 1 aromatic rings. The molecule has 1 aromatic carbocycles. The maximum atomic E-state index is 12.2. The number of sulfone groups is 1. The first-order valence-corrected chi connectivity index (χ1v) is 16.5. The van der Waals surface area contributed by atoms with E-state index in [2.05, 4.69) is 12.2 Å². The van der Waals surface area contributed by atoms with Crippen molar-refractivity contribution in [1.82, 2.24) is 5.32 Å². The average Bonchev–Trinajstić information content (AvgIpc) is 2.88. The SMILES string of the molecule is CCCCCCCCCCCCCCCC(=O)OC[C@@H](NC(=O)C(Cl)Cl)[C@H](O)c1ccc(S(C)(=O)=O)cc1. The van der Waals surface area contributed by atoms with Crippen LogP contribution >= 0.6 is 23.2 Å². The molecule has 0 saturated heterocycles. The van der Waals surface area contributed by atoms with Gasteiger partial charge in [-0.15, -0.1) is 0 Å². The van der Waals surface area contributed by atoms with Crippen molar-refractivity contribution >= 4 is 44.9 Å². The Labute approximate surface area is 238 Å². The molecule has 2 N–H and O–H groups in total. The molecular formula is C28H45Cl2NO6S. The number of alkyl halides is 2. The second-order valence-electron chi connectivity index (χ2n) is 9.88. The highest BCUT2D eigenvalue weighted by atomic mass is 35.5. The largest absolute Gasteiger partial charge is 0.463 e. The number of aliphatic hydroxyl groups is 1. The zero-order valence-electron chi connectivity index (χ0n) is 22.8. The fraction of sp³-hybridized carbons (Fsp3) is 0.714. The molecule has 218 valence electrons. The summed E-state index contributed by atoms with van der Waals surface area (Å²) in [6.45, 7) is 1.96. The number of hydrogen-bond acceptors (Lipinski definition) is 6. The van der Waals surface area contributed by atoms with Crippen molar-refractivity contribution in [1.29, 1.82) is 0 Å². The number of amides is 1. The average molecular weight is 595 g/mol. The van der Waals surface area contributed by atoms with Crippen molar-refractivity contribution < 1.29 is 27.9 Å². The molecule has 10 heteroatoms. The number of aliphatic hydroxyl groups excluding tert-OH is 1. The van der Waals surface area contributed by atoms with Gasteiger partial charge in [0, 0.05) is 12.7 Å². The minimum absolute atomic E-state index is 0.0971. The molecule has 0 aliphatic carbocycles. The number of carbonyl (C=O) groups is 2. The lowest BCUT2D eigenvalue weighted by Gasteiger charge is -2.24. The Bertz CT molecular complexity index is 908. The number of carbonyl (C=O) groups excluding carboxylic acids is 2. The number of unbranched alkanes of at least 4 members (excludes halogenated alkanes) is 12. The molecular weight excluding hydrogens is 549 g/mol. The number of halogens is 2. The van der Waals surface area contributed by atoms with E-state index in [-0.39, 0.29) is 17.9 Å². The van der Waals surface area contributed by atoms with E-state index in [4.69, 9.17) is 27.9 Å². The van der Waals surface area contributed by atoms with Crippen molar-refractivity contribution in [2.75, 3.05) is 12.9 Å². The van der Waals surface area contributed by atoms with Crippen LogP contribution in [0.25, 0.3) is 0 Å². The summed E-state index contributed by atoms with van der Waals surface area (Å²) in [5.41, 5.74) is 0.343. The normalized spacial score (nSPS) is 13.3. The lowest BCUT2D eigenvalue weighted by Crippen LogP contribution is -2.45. The molecule has 0 bridgehead atoms. The van der Waals surface area contributed by atoms with E-state index in [1.165, 1.54) is 88.5 Å². The topological polar surface area (TPSA) is 110 Å². The van der Waals surface area contributed by atoms with Crippen LogP contribution in [0.2, 0.25) is 0 Å². The Balaban J connectivity index is 2.37. The lowest BCUT2D eigenvalue weighted by molar-refractivity contribution is -0.146. The third-order valence-corrected chi connectivity index (χ3v) is 7.99. The number of hydrogen-bond donors (Lipinski definition) is 2. The molecule has 7 nitrogen and oxygen atoms in total. The Kier molecular flexibility index (Phi) is 17.9. The summed E-state index contributed by atoms with van der Waals surface area (Å²) in [7, 11) is -3.40. The molecule has 1 rings (SSSR count). The van der Waals surface area contributed by atoms with E-state index >= 15 is 0 Å². The first-order valence-electron chi connectivity index (χ1n) is 13.8. The number of esters is 1. The summed E-state index contributed by atoms with van der Waals surface area (Å²) >= 11 is 11.2.